The number of benzene rings is 2. The predicted octanol–water partition coefficient (Wildman–Crippen LogP) is 3.11. The predicted molar refractivity (Wildman–Crippen MR) is 83.8 cm³/mol. The molecule has 0 saturated heterocycles. The molecule has 1 aliphatic rings. The Balaban J connectivity index is 1.85. The topological polar surface area (TPSA) is 67.4 Å². The minimum absolute atomic E-state index is 0.0785. The number of nitrogens with one attached hydrogen (secondary N) is 2. The molecule has 5 nitrogen and oxygen atoms in total. The standard InChI is InChI=1S/C17H16N2O3/c1-2-15(20)18-12-8-9-14-13(10-12)19-17(21)16(22-14)11-6-4-3-5-7-11/h3-10,16H,2H2,1H3,(H,18,20)(H,19,21). The second-order valence-corrected chi connectivity index (χ2v) is 5.01. The van der Waals surface area contributed by atoms with Crippen LogP contribution in [0.25, 0.3) is 0 Å². The van der Waals surface area contributed by atoms with Crippen molar-refractivity contribution in [2.45, 2.75) is 19.4 Å². The van der Waals surface area contributed by atoms with E-state index in [2.05, 4.69) is 10.6 Å². The summed E-state index contributed by atoms with van der Waals surface area (Å²) in [6.45, 7) is 1.78. The summed E-state index contributed by atoms with van der Waals surface area (Å²) < 4.78 is 5.79. The van der Waals surface area contributed by atoms with Gasteiger partial charge in [-0.25, -0.2) is 0 Å². The van der Waals surface area contributed by atoms with Crippen molar-refractivity contribution in [2.75, 3.05) is 10.6 Å². The van der Waals surface area contributed by atoms with Gasteiger partial charge in [0.05, 0.1) is 5.69 Å². The van der Waals surface area contributed by atoms with Crippen molar-refractivity contribution in [3.05, 3.63) is 54.1 Å². The van der Waals surface area contributed by atoms with Crippen LogP contribution in [-0.4, -0.2) is 11.8 Å². The van der Waals surface area contributed by atoms with E-state index >= 15 is 0 Å². The molecule has 112 valence electrons. The molecule has 0 radical (unpaired) electrons. The summed E-state index contributed by atoms with van der Waals surface area (Å²) in [4.78, 5) is 23.6. The molecule has 1 aliphatic heterocycles. The van der Waals surface area contributed by atoms with Crippen molar-refractivity contribution in [3.63, 3.8) is 0 Å². The van der Waals surface area contributed by atoms with Gasteiger partial charge in [-0.3, -0.25) is 9.59 Å². The van der Waals surface area contributed by atoms with Gasteiger partial charge in [0, 0.05) is 17.7 Å². The largest absolute Gasteiger partial charge is 0.474 e. The number of carbonyl (C=O) groups is 2. The van der Waals surface area contributed by atoms with Crippen molar-refractivity contribution in [3.8, 4) is 5.75 Å². The van der Waals surface area contributed by atoms with Gasteiger partial charge in [0.25, 0.3) is 5.91 Å². The molecule has 0 spiro atoms. The van der Waals surface area contributed by atoms with E-state index in [9.17, 15) is 9.59 Å². The first-order valence-electron chi connectivity index (χ1n) is 7.13. The zero-order valence-corrected chi connectivity index (χ0v) is 12.1. The third-order valence-corrected chi connectivity index (χ3v) is 3.43. The summed E-state index contributed by atoms with van der Waals surface area (Å²) >= 11 is 0. The average Bonchev–Trinajstić information content (AvgIpc) is 2.55. The molecule has 2 aromatic carbocycles. The van der Waals surface area contributed by atoms with Crippen LogP contribution in [0.4, 0.5) is 11.4 Å². The van der Waals surface area contributed by atoms with Crippen molar-refractivity contribution in [1.29, 1.82) is 0 Å². The van der Waals surface area contributed by atoms with Crippen LogP contribution in [0.2, 0.25) is 0 Å². The van der Waals surface area contributed by atoms with E-state index in [1.54, 1.807) is 25.1 Å². The van der Waals surface area contributed by atoms with Gasteiger partial charge in [0.2, 0.25) is 12.0 Å². The molecule has 3 rings (SSSR count). The number of amides is 2. The highest BCUT2D eigenvalue weighted by Crippen LogP contribution is 2.36. The maximum atomic E-state index is 12.2. The summed E-state index contributed by atoms with van der Waals surface area (Å²) in [5.74, 6) is 0.283. The summed E-state index contributed by atoms with van der Waals surface area (Å²) in [6.07, 6.45) is -0.263. The lowest BCUT2D eigenvalue weighted by atomic mass is 10.1. The quantitative estimate of drug-likeness (QED) is 0.914. The minimum Gasteiger partial charge on any atom is -0.474 e. The van der Waals surface area contributed by atoms with Crippen molar-refractivity contribution in [2.24, 2.45) is 0 Å². The van der Waals surface area contributed by atoms with Crippen LogP contribution < -0.4 is 15.4 Å². The summed E-state index contributed by atoms with van der Waals surface area (Å²) in [5.41, 5.74) is 1.99. The minimum atomic E-state index is -0.662. The molecule has 0 fully saturated rings. The van der Waals surface area contributed by atoms with Gasteiger partial charge in [0.15, 0.2) is 0 Å². The molecule has 0 aromatic heterocycles. The Bertz CT molecular complexity index is 713. The number of hydrogen-bond acceptors (Lipinski definition) is 3. The number of fused-ring (bicyclic) bond motifs is 1. The van der Waals surface area contributed by atoms with Crippen LogP contribution in [0.15, 0.2) is 48.5 Å². The van der Waals surface area contributed by atoms with E-state index in [-0.39, 0.29) is 11.8 Å². The highest BCUT2D eigenvalue weighted by Gasteiger charge is 2.29. The molecule has 0 bridgehead atoms. The molecule has 5 heteroatoms. The van der Waals surface area contributed by atoms with Gasteiger partial charge < -0.3 is 15.4 Å². The molecule has 1 atom stereocenters. The maximum absolute atomic E-state index is 12.2. The number of carbonyl (C=O) groups excluding carboxylic acids is 2. The van der Waals surface area contributed by atoms with Crippen LogP contribution in [0.5, 0.6) is 5.75 Å². The van der Waals surface area contributed by atoms with Crippen molar-refractivity contribution < 1.29 is 14.3 Å². The highest BCUT2D eigenvalue weighted by molar-refractivity contribution is 5.99. The lowest BCUT2D eigenvalue weighted by Gasteiger charge is -2.26. The second-order valence-electron chi connectivity index (χ2n) is 5.01. The van der Waals surface area contributed by atoms with Crippen LogP contribution in [-0.2, 0) is 9.59 Å². The van der Waals surface area contributed by atoms with E-state index in [1.165, 1.54) is 0 Å². The Kier molecular flexibility index (Phi) is 3.78. The third kappa shape index (κ3) is 2.79. The zero-order valence-electron chi connectivity index (χ0n) is 12.1. The SMILES string of the molecule is CCC(=O)Nc1ccc2c(c1)NC(=O)C(c1ccccc1)O2. The molecule has 22 heavy (non-hydrogen) atoms. The number of anilines is 2. The Morgan fingerprint density at radius 3 is 2.73 bits per heavy atom. The lowest BCUT2D eigenvalue weighted by molar-refractivity contribution is -0.123. The van der Waals surface area contributed by atoms with Gasteiger partial charge in [0.1, 0.15) is 5.75 Å². The van der Waals surface area contributed by atoms with Crippen molar-refractivity contribution >= 4 is 23.2 Å². The molecule has 0 saturated carbocycles. The van der Waals surface area contributed by atoms with Gasteiger partial charge in [-0.2, -0.15) is 0 Å². The monoisotopic (exact) mass is 296 g/mol. The van der Waals surface area contributed by atoms with Gasteiger partial charge in [-0.15, -0.1) is 0 Å². The van der Waals surface area contributed by atoms with E-state index in [0.29, 0.717) is 23.5 Å². The summed E-state index contributed by atoms with van der Waals surface area (Å²) in [5, 5.41) is 5.58. The molecule has 2 amide bonds. The summed E-state index contributed by atoms with van der Waals surface area (Å²) in [7, 11) is 0. The Morgan fingerprint density at radius 2 is 2.00 bits per heavy atom. The fourth-order valence-electron chi connectivity index (χ4n) is 2.28. The Morgan fingerprint density at radius 1 is 1.23 bits per heavy atom. The Hall–Kier alpha value is -2.82. The van der Waals surface area contributed by atoms with E-state index in [0.717, 1.165) is 5.56 Å². The van der Waals surface area contributed by atoms with Gasteiger partial charge in [-0.05, 0) is 18.2 Å². The fraction of sp³-hybridized carbons (Fsp3) is 0.176. The molecular weight excluding hydrogens is 280 g/mol. The van der Waals surface area contributed by atoms with Crippen LogP contribution >= 0.6 is 0 Å². The van der Waals surface area contributed by atoms with Gasteiger partial charge >= 0.3 is 0 Å². The summed E-state index contributed by atoms with van der Waals surface area (Å²) in [6, 6.07) is 14.5. The number of hydrogen-bond donors (Lipinski definition) is 2. The van der Waals surface area contributed by atoms with Gasteiger partial charge in [-0.1, -0.05) is 37.3 Å². The molecule has 1 heterocycles. The molecule has 1 unspecified atom stereocenters. The first-order chi connectivity index (χ1) is 10.7. The second kappa shape index (κ2) is 5.89. The van der Waals surface area contributed by atoms with Crippen molar-refractivity contribution in [1.82, 2.24) is 0 Å². The normalized spacial score (nSPS) is 16.2. The number of rotatable bonds is 3. The number of ether oxygens (including phenoxy) is 1. The van der Waals surface area contributed by atoms with E-state index < -0.39 is 6.10 Å². The smallest absolute Gasteiger partial charge is 0.270 e. The fourth-order valence-corrected chi connectivity index (χ4v) is 2.28. The zero-order chi connectivity index (χ0) is 15.5. The molecule has 0 aliphatic carbocycles. The van der Waals surface area contributed by atoms with Crippen LogP contribution in [0.3, 0.4) is 0 Å². The Labute approximate surface area is 128 Å². The first-order valence-corrected chi connectivity index (χ1v) is 7.13. The van der Waals surface area contributed by atoms with Crippen LogP contribution in [0.1, 0.15) is 25.0 Å². The highest BCUT2D eigenvalue weighted by atomic mass is 16.5. The molecular formula is C17H16N2O3. The van der Waals surface area contributed by atoms with E-state index in [4.69, 9.17) is 4.74 Å². The third-order valence-electron chi connectivity index (χ3n) is 3.43. The maximum Gasteiger partial charge on any atom is 0.270 e. The van der Waals surface area contributed by atoms with E-state index in [1.807, 2.05) is 30.3 Å². The lowest BCUT2D eigenvalue weighted by Crippen LogP contribution is -2.30. The average molecular weight is 296 g/mol. The molecule has 2 aromatic rings. The molecule has 2 N–H and O–H groups in total. The first kappa shape index (κ1) is 14.1. The van der Waals surface area contributed by atoms with Crippen LogP contribution in [0, 0.1) is 0 Å².